The molecule has 138 valence electrons. The Balaban J connectivity index is 0.00000264. The zero-order valence-electron chi connectivity index (χ0n) is 14.3. The smallest absolute Gasteiger partial charge is 0.239 e. The number of carbonyl (C=O) groups is 1. The maximum Gasteiger partial charge on any atom is 0.239 e. The van der Waals surface area contributed by atoms with Crippen LogP contribution >= 0.6 is 24.8 Å². The highest BCUT2D eigenvalue weighted by Gasteiger charge is 2.24. The second-order valence-electron chi connectivity index (χ2n) is 5.63. The van der Waals surface area contributed by atoms with Crippen LogP contribution < -0.4 is 20.5 Å². The van der Waals surface area contributed by atoms with E-state index in [4.69, 9.17) is 15.2 Å². The molecule has 1 heterocycles. The molecule has 1 fully saturated rings. The Hall–Kier alpha value is -1.37. The zero-order valence-corrected chi connectivity index (χ0v) is 15.9. The van der Waals surface area contributed by atoms with E-state index in [0.29, 0.717) is 6.04 Å². The van der Waals surface area contributed by atoms with Crippen molar-refractivity contribution in [3.8, 4) is 11.5 Å². The molecule has 1 aromatic carbocycles. The predicted molar refractivity (Wildman–Crippen MR) is 101 cm³/mol. The summed E-state index contributed by atoms with van der Waals surface area (Å²) in [5, 5.41) is 3.49. The van der Waals surface area contributed by atoms with Crippen LogP contribution in [-0.2, 0) is 4.79 Å². The van der Waals surface area contributed by atoms with Gasteiger partial charge in [0.05, 0.1) is 20.3 Å². The lowest BCUT2D eigenvalue weighted by molar-refractivity contribution is -0.133. The van der Waals surface area contributed by atoms with E-state index in [1.807, 2.05) is 23.1 Å². The lowest BCUT2D eigenvalue weighted by Crippen LogP contribution is -2.48. The molecule has 0 aliphatic carbocycles. The van der Waals surface area contributed by atoms with Crippen molar-refractivity contribution in [1.29, 1.82) is 0 Å². The molecule has 0 bridgehead atoms. The fourth-order valence-corrected chi connectivity index (χ4v) is 2.66. The van der Waals surface area contributed by atoms with E-state index in [2.05, 4.69) is 5.32 Å². The SMILES string of the molecule is COc1cc(NC2CCN(C(=O)[C@@H](C)N)CC2)cc(OC)c1.Cl.Cl. The van der Waals surface area contributed by atoms with Gasteiger partial charge >= 0.3 is 0 Å². The summed E-state index contributed by atoms with van der Waals surface area (Å²) in [7, 11) is 3.27. The van der Waals surface area contributed by atoms with Crippen molar-refractivity contribution in [3.63, 3.8) is 0 Å². The van der Waals surface area contributed by atoms with Crippen molar-refractivity contribution < 1.29 is 14.3 Å². The van der Waals surface area contributed by atoms with Crippen LogP contribution in [0.2, 0.25) is 0 Å². The number of ether oxygens (including phenoxy) is 2. The number of piperidine rings is 1. The minimum Gasteiger partial charge on any atom is -0.497 e. The molecule has 6 nitrogen and oxygen atoms in total. The molecule has 0 unspecified atom stereocenters. The maximum absolute atomic E-state index is 11.9. The number of halogens is 2. The Morgan fingerprint density at radius 1 is 1.17 bits per heavy atom. The lowest BCUT2D eigenvalue weighted by atomic mass is 10.0. The largest absolute Gasteiger partial charge is 0.497 e. The predicted octanol–water partition coefficient (Wildman–Crippen LogP) is 2.30. The monoisotopic (exact) mass is 379 g/mol. The van der Waals surface area contributed by atoms with Crippen molar-refractivity contribution in [2.24, 2.45) is 5.73 Å². The molecule has 3 N–H and O–H groups in total. The third-order valence-electron chi connectivity index (χ3n) is 3.92. The number of amides is 1. The molecule has 1 saturated heterocycles. The van der Waals surface area contributed by atoms with Gasteiger partial charge in [0.2, 0.25) is 5.91 Å². The molecule has 1 aliphatic rings. The number of carbonyl (C=O) groups excluding carboxylic acids is 1. The third-order valence-corrected chi connectivity index (χ3v) is 3.92. The van der Waals surface area contributed by atoms with Crippen molar-refractivity contribution in [2.75, 3.05) is 32.6 Å². The van der Waals surface area contributed by atoms with E-state index in [1.165, 1.54) is 0 Å². The van der Waals surface area contributed by atoms with Gasteiger partial charge in [-0.3, -0.25) is 4.79 Å². The molecule has 2 rings (SSSR count). The number of hydrogen-bond donors (Lipinski definition) is 2. The van der Waals surface area contributed by atoms with Crippen LogP contribution in [0, 0.1) is 0 Å². The van der Waals surface area contributed by atoms with E-state index >= 15 is 0 Å². The molecule has 24 heavy (non-hydrogen) atoms. The van der Waals surface area contributed by atoms with E-state index < -0.39 is 6.04 Å². The summed E-state index contributed by atoms with van der Waals surface area (Å²) in [6, 6.07) is 5.64. The summed E-state index contributed by atoms with van der Waals surface area (Å²) >= 11 is 0. The molecule has 0 radical (unpaired) electrons. The Bertz CT molecular complexity index is 499. The molecular formula is C16H27Cl2N3O3. The standard InChI is InChI=1S/C16H25N3O3.2ClH/c1-11(17)16(20)19-6-4-12(5-7-19)18-13-8-14(21-2)10-15(9-13)22-3;;/h8-12,18H,4-7,17H2,1-3H3;2*1H/t11-;;/m1../s1. The Morgan fingerprint density at radius 2 is 1.67 bits per heavy atom. The number of benzene rings is 1. The first-order valence-electron chi connectivity index (χ1n) is 7.57. The number of likely N-dealkylation sites (tertiary alicyclic amines) is 1. The van der Waals surface area contributed by atoms with Gasteiger partial charge in [0, 0.05) is 43.0 Å². The van der Waals surface area contributed by atoms with Crippen molar-refractivity contribution in [3.05, 3.63) is 18.2 Å². The molecule has 1 aliphatic heterocycles. The Morgan fingerprint density at radius 3 is 2.08 bits per heavy atom. The summed E-state index contributed by atoms with van der Waals surface area (Å²) < 4.78 is 10.5. The van der Waals surface area contributed by atoms with E-state index in [0.717, 1.165) is 43.1 Å². The van der Waals surface area contributed by atoms with Crippen molar-refractivity contribution in [2.45, 2.75) is 31.8 Å². The topological polar surface area (TPSA) is 76.8 Å². The maximum atomic E-state index is 11.9. The third kappa shape index (κ3) is 5.92. The van der Waals surface area contributed by atoms with Crippen LogP contribution in [0.3, 0.4) is 0 Å². The Labute approximate surface area is 155 Å². The highest BCUT2D eigenvalue weighted by atomic mass is 35.5. The number of nitrogens with one attached hydrogen (secondary N) is 1. The molecule has 0 saturated carbocycles. The molecule has 0 spiro atoms. The van der Waals surface area contributed by atoms with Gasteiger partial charge in [-0.15, -0.1) is 24.8 Å². The van der Waals surface area contributed by atoms with E-state index in [1.54, 1.807) is 21.1 Å². The first-order valence-corrected chi connectivity index (χ1v) is 7.57. The average molecular weight is 380 g/mol. The van der Waals surface area contributed by atoms with Gasteiger partial charge < -0.3 is 25.4 Å². The van der Waals surface area contributed by atoms with Crippen LogP contribution in [0.25, 0.3) is 0 Å². The Kier molecular flexibility index (Phi) is 9.89. The number of hydrogen-bond acceptors (Lipinski definition) is 5. The van der Waals surface area contributed by atoms with Gasteiger partial charge in [0.25, 0.3) is 0 Å². The second kappa shape index (κ2) is 10.5. The highest BCUT2D eigenvalue weighted by Crippen LogP contribution is 2.27. The van der Waals surface area contributed by atoms with Crippen LogP contribution in [0.5, 0.6) is 11.5 Å². The summed E-state index contributed by atoms with van der Waals surface area (Å²) in [5.74, 6) is 1.54. The van der Waals surface area contributed by atoms with Gasteiger partial charge in [-0.1, -0.05) is 0 Å². The molecular weight excluding hydrogens is 353 g/mol. The summed E-state index contributed by atoms with van der Waals surface area (Å²) in [6.45, 7) is 3.20. The summed E-state index contributed by atoms with van der Waals surface area (Å²) in [5.41, 5.74) is 6.62. The van der Waals surface area contributed by atoms with Gasteiger partial charge in [-0.2, -0.15) is 0 Å². The first-order chi connectivity index (χ1) is 10.5. The molecule has 1 amide bonds. The number of nitrogens with two attached hydrogens (primary N) is 1. The molecule has 0 aromatic heterocycles. The molecule has 1 atom stereocenters. The quantitative estimate of drug-likeness (QED) is 0.820. The van der Waals surface area contributed by atoms with Crippen LogP contribution in [-0.4, -0.2) is 50.2 Å². The zero-order chi connectivity index (χ0) is 16.1. The van der Waals surface area contributed by atoms with Gasteiger partial charge in [0.1, 0.15) is 11.5 Å². The number of nitrogens with zero attached hydrogens (tertiary/aromatic N) is 1. The second-order valence-corrected chi connectivity index (χ2v) is 5.63. The van der Waals surface area contributed by atoms with Gasteiger partial charge in [0.15, 0.2) is 0 Å². The number of methoxy groups -OCH3 is 2. The fourth-order valence-electron chi connectivity index (χ4n) is 2.66. The summed E-state index contributed by atoms with van der Waals surface area (Å²) in [4.78, 5) is 13.7. The lowest BCUT2D eigenvalue weighted by Gasteiger charge is -2.33. The molecule has 1 aromatic rings. The first kappa shape index (κ1) is 22.6. The van der Waals surface area contributed by atoms with E-state index in [-0.39, 0.29) is 30.7 Å². The van der Waals surface area contributed by atoms with Crippen molar-refractivity contribution >= 4 is 36.4 Å². The normalized spacial score (nSPS) is 15.6. The van der Waals surface area contributed by atoms with Crippen LogP contribution in [0.1, 0.15) is 19.8 Å². The van der Waals surface area contributed by atoms with E-state index in [9.17, 15) is 4.79 Å². The van der Waals surface area contributed by atoms with Crippen molar-refractivity contribution in [1.82, 2.24) is 4.90 Å². The number of anilines is 1. The number of rotatable bonds is 5. The highest BCUT2D eigenvalue weighted by molar-refractivity contribution is 5.85. The molecule has 8 heteroatoms. The van der Waals surface area contributed by atoms with Crippen LogP contribution in [0.4, 0.5) is 5.69 Å². The minimum absolute atomic E-state index is 0. The van der Waals surface area contributed by atoms with Gasteiger partial charge in [-0.25, -0.2) is 0 Å². The minimum atomic E-state index is -0.424. The summed E-state index contributed by atoms with van der Waals surface area (Å²) in [6.07, 6.45) is 1.80. The fraction of sp³-hybridized carbons (Fsp3) is 0.562. The van der Waals surface area contributed by atoms with Crippen LogP contribution in [0.15, 0.2) is 18.2 Å². The van der Waals surface area contributed by atoms with Gasteiger partial charge in [-0.05, 0) is 19.8 Å². The average Bonchev–Trinajstić information content (AvgIpc) is 2.54.